The van der Waals surface area contributed by atoms with Crippen LogP contribution in [0.15, 0.2) is 194 Å². The number of aromatic nitrogens is 6. The SMILES string of the molecule is c1ccc(-c2cc(-c3cccc(-c4ccc(-c5nc(-c6ccccc6)nc(-c6cccc(-c7ccncc7)c6)n5)cc4)c3)nc(-c3ccccc3)n2)cc1. The molecule has 254 valence electrons. The highest BCUT2D eigenvalue weighted by Gasteiger charge is 2.15. The van der Waals surface area contributed by atoms with Gasteiger partial charge in [0.1, 0.15) is 0 Å². The predicted molar refractivity (Wildman–Crippen MR) is 217 cm³/mol. The van der Waals surface area contributed by atoms with Crippen LogP contribution in [0.1, 0.15) is 0 Å². The Bertz CT molecular complexity index is 2630. The quantitative estimate of drug-likeness (QED) is 0.158. The Balaban J connectivity index is 1.07. The van der Waals surface area contributed by atoms with E-state index in [9.17, 15) is 0 Å². The first-order chi connectivity index (χ1) is 26.7. The summed E-state index contributed by atoms with van der Waals surface area (Å²) < 4.78 is 0. The lowest BCUT2D eigenvalue weighted by Gasteiger charge is -2.11. The van der Waals surface area contributed by atoms with Crippen LogP contribution in [0.3, 0.4) is 0 Å². The van der Waals surface area contributed by atoms with Gasteiger partial charge in [-0.1, -0.05) is 152 Å². The highest BCUT2D eigenvalue weighted by molar-refractivity contribution is 5.77. The van der Waals surface area contributed by atoms with Gasteiger partial charge in [0.05, 0.1) is 11.4 Å². The summed E-state index contributed by atoms with van der Waals surface area (Å²) in [4.78, 5) is 29.1. The van der Waals surface area contributed by atoms with Gasteiger partial charge in [-0.25, -0.2) is 24.9 Å². The number of hydrogen-bond donors (Lipinski definition) is 0. The first kappa shape index (κ1) is 32.5. The smallest absolute Gasteiger partial charge is 0.164 e. The molecule has 0 unspecified atom stereocenters. The molecule has 0 saturated heterocycles. The van der Waals surface area contributed by atoms with E-state index in [1.54, 1.807) is 12.4 Å². The zero-order chi connectivity index (χ0) is 36.1. The van der Waals surface area contributed by atoms with Crippen LogP contribution in [0, 0.1) is 0 Å². The Hall–Kier alpha value is -7.44. The summed E-state index contributed by atoms with van der Waals surface area (Å²) in [6.45, 7) is 0. The van der Waals surface area contributed by atoms with Crippen LogP contribution in [0.5, 0.6) is 0 Å². The highest BCUT2D eigenvalue weighted by atomic mass is 15.0. The van der Waals surface area contributed by atoms with Crippen molar-refractivity contribution in [3.05, 3.63) is 194 Å². The molecule has 3 aromatic heterocycles. The summed E-state index contributed by atoms with van der Waals surface area (Å²) in [6, 6.07) is 61.6. The van der Waals surface area contributed by atoms with Crippen molar-refractivity contribution in [3.8, 4) is 90.3 Å². The third-order valence-corrected chi connectivity index (χ3v) is 9.26. The summed E-state index contributed by atoms with van der Waals surface area (Å²) in [6.07, 6.45) is 3.60. The van der Waals surface area contributed by atoms with Crippen LogP contribution in [0.25, 0.3) is 90.3 Å². The van der Waals surface area contributed by atoms with Crippen molar-refractivity contribution in [1.29, 1.82) is 0 Å². The number of hydrogen-bond acceptors (Lipinski definition) is 6. The molecule has 0 bridgehead atoms. The van der Waals surface area contributed by atoms with Crippen molar-refractivity contribution in [2.45, 2.75) is 0 Å². The Labute approximate surface area is 313 Å². The fourth-order valence-electron chi connectivity index (χ4n) is 6.47. The Morgan fingerprint density at radius 1 is 0.222 bits per heavy atom. The lowest BCUT2D eigenvalue weighted by Crippen LogP contribution is -2.00. The lowest BCUT2D eigenvalue weighted by atomic mass is 9.99. The van der Waals surface area contributed by atoms with Crippen LogP contribution in [0.2, 0.25) is 0 Å². The summed E-state index contributed by atoms with van der Waals surface area (Å²) in [7, 11) is 0. The van der Waals surface area contributed by atoms with E-state index in [4.69, 9.17) is 24.9 Å². The van der Waals surface area contributed by atoms with Gasteiger partial charge in [-0.2, -0.15) is 0 Å². The van der Waals surface area contributed by atoms with E-state index in [1.807, 2.05) is 103 Å². The van der Waals surface area contributed by atoms with E-state index in [0.29, 0.717) is 23.3 Å². The van der Waals surface area contributed by atoms with E-state index < -0.39 is 0 Å². The summed E-state index contributed by atoms with van der Waals surface area (Å²) in [5.41, 5.74) is 11.8. The standard InChI is InChI=1S/C48H32N6/c1-4-12-35(13-5-1)43-32-44(51-45(50-43)36-14-6-2-7-15-36)41-20-10-18-39(30-41)33-22-24-38(25-23-33)47-52-46(37-16-8-3-9-17-37)53-48(54-47)42-21-11-19-40(31-42)34-26-28-49-29-27-34/h1-32H. The minimum atomic E-state index is 0.608. The Morgan fingerprint density at radius 3 is 1.17 bits per heavy atom. The van der Waals surface area contributed by atoms with Gasteiger partial charge in [-0.3, -0.25) is 4.98 Å². The van der Waals surface area contributed by atoms with E-state index in [1.165, 1.54) is 0 Å². The van der Waals surface area contributed by atoms with Gasteiger partial charge in [0.15, 0.2) is 23.3 Å². The fraction of sp³-hybridized carbons (Fsp3) is 0. The van der Waals surface area contributed by atoms with Gasteiger partial charge in [0.25, 0.3) is 0 Å². The molecule has 0 N–H and O–H groups in total. The van der Waals surface area contributed by atoms with Crippen molar-refractivity contribution < 1.29 is 0 Å². The average molecular weight is 693 g/mol. The maximum absolute atomic E-state index is 5.04. The van der Waals surface area contributed by atoms with Crippen molar-refractivity contribution in [2.75, 3.05) is 0 Å². The minimum Gasteiger partial charge on any atom is -0.265 e. The second-order valence-corrected chi connectivity index (χ2v) is 12.8. The second kappa shape index (κ2) is 14.7. The number of rotatable bonds is 8. The van der Waals surface area contributed by atoms with Gasteiger partial charge in [-0.05, 0) is 52.6 Å². The maximum atomic E-state index is 5.04. The lowest BCUT2D eigenvalue weighted by molar-refractivity contribution is 1.07. The molecule has 0 aliphatic heterocycles. The molecular weight excluding hydrogens is 661 g/mol. The largest absolute Gasteiger partial charge is 0.265 e. The van der Waals surface area contributed by atoms with Crippen molar-refractivity contribution >= 4 is 0 Å². The van der Waals surface area contributed by atoms with Gasteiger partial charge < -0.3 is 0 Å². The van der Waals surface area contributed by atoms with Gasteiger partial charge in [0, 0.05) is 45.8 Å². The predicted octanol–water partition coefficient (Wildman–Crippen LogP) is 11.4. The van der Waals surface area contributed by atoms with Crippen molar-refractivity contribution in [2.24, 2.45) is 0 Å². The minimum absolute atomic E-state index is 0.608. The van der Waals surface area contributed by atoms with Gasteiger partial charge >= 0.3 is 0 Å². The zero-order valence-corrected chi connectivity index (χ0v) is 29.2. The molecule has 0 aliphatic carbocycles. The molecule has 0 fully saturated rings. The molecule has 0 aliphatic rings. The topological polar surface area (TPSA) is 77.3 Å². The third kappa shape index (κ3) is 6.92. The molecule has 54 heavy (non-hydrogen) atoms. The molecule has 0 amide bonds. The molecule has 6 nitrogen and oxygen atoms in total. The van der Waals surface area contributed by atoms with E-state index in [2.05, 4.69) is 83.8 Å². The first-order valence-electron chi connectivity index (χ1n) is 17.8. The average Bonchev–Trinajstić information content (AvgIpc) is 3.27. The maximum Gasteiger partial charge on any atom is 0.164 e. The van der Waals surface area contributed by atoms with E-state index in [0.717, 1.165) is 67.0 Å². The van der Waals surface area contributed by atoms with E-state index in [-0.39, 0.29) is 0 Å². The van der Waals surface area contributed by atoms with Crippen molar-refractivity contribution in [1.82, 2.24) is 29.9 Å². The zero-order valence-electron chi connectivity index (χ0n) is 29.2. The summed E-state index contributed by atoms with van der Waals surface area (Å²) in [5.74, 6) is 2.53. The van der Waals surface area contributed by atoms with Crippen LogP contribution in [-0.4, -0.2) is 29.9 Å². The number of pyridine rings is 1. The fourth-order valence-corrected chi connectivity index (χ4v) is 6.47. The van der Waals surface area contributed by atoms with Crippen LogP contribution >= 0.6 is 0 Å². The summed E-state index contributed by atoms with van der Waals surface area (Å²) >= 11 is 0. The molecule has 3 heterocycles. The van der Waals surface area contributed by atoms with Gasteiger partial charge in [0.2, 0.25) is 0 Å². The molecule has 0 spiro atoms. The van der Waals surface area contributed by atoms with Crippen LogP contribution in [-0.2, 0) is 0 Å². The van der Waals surface area contributed by atoms with Gasteiger partial charge in [-0.15, -0.1) is 0 Å². The summed E-state index contributed by atoms with van der Waals surface area (Å²) in [5, 5.41) is 0. The molecule has 6 aromatic carbocycles. The van der Waals surface area contributed by atoms with Crippen LogP contribution < -0.4 is 0 Å². The molecule has 0 atom stereocenters. The number of nitrogens with zero attached hydrogens (tertiary/aromatic N) is 6. The van der Waals surface area contributed by atoms with E-state index >= 15 is 0 Å². The number of benzene rings is 6. The molecule has 6 heteroatoms. The second-order valence-electron chi connectivity index (χ2n) is 12.8. The normalized spacial score (nSPS) is 11.0. The third-order valence-electron chi connectivity index (χ3n) is 9.26. The monoisotopic (exact) mass is 692 g/mol. The van der Waals surface area contributed by atoms with Crippen molar-refractivity contribution in [3.63, 3.8) is 0 Å². The highest BCUT2D eigenvalue weighted by Crippen LogP contribution is 2.32. The first-order valence-corrected chi connectivity index (χ1v) is 17.8. The molecule has 9 aromatic rings. The molecule has 0 saturated carbocycles. The molecule has 0 radical (unpaired) electrons. The Morgan fingerprint density at radius 2 is 0.593 bits per heavy atom. The molecular formula is C48H32N6. The Kier molecular flexibility index (Phi) is 8.81. The molecule has 9 rings (SSSR count). The van der Waals surface area contributed by atoms with Crippen LogP contribution in [0.4, 0.5) is 0 Å².